The third-order valence-electron chi connectivity index (χ3n) is 3.78. The van der Waals surface area contributed by atoms with Crippen molar-refractivity contribution in [3.05, 3.63) is 70.1 Å². The van der Waals surface area contributed by atoms with E-state index >= 15 is 0 Å². The Bertz CT molecular complexity index is 964. The Morgan fingerprint density at radius 2 is 2.00 bits per heavy atom. The number of thiazole rings is 1. The normalized spacial score (nSPS) is 11.0. The first kappa shape index (κ1) is 19.4. The lowest BCUT2D eigenvalue weighted by atomic mass is 10.2. The van der Waals surface area contributed by atoms with Gasteiger partial charge in [0.25, 0.3) is 0 Å². The van der Waals surface area contributed by atoms with Crippen LogP contribution in [0.2, 0.25) is 5.02 Å². The van der Waals surface area contributed by atoms with Crippen LogP contribution in [-0.2, 0) is 11.3 Å². The molecule has 140 valence electrons. The first-order chi connectivity index (χ1) is 12.9. The van der Waals surface area contributed by atoms with Gasteiger partial charge in [0.15, 0.2) is 16.8 Å². The Morgan fingerprint density at radius 1 is 1.22 bits per heavy atom. The molecule has 0 aliphatic heterocycles. The largest absolute Gasteiger partial charge is 0.301 e. The van der Waals surface area contributed by atoms with Crippen LogP contribution in [0.5, 0.6) is 0 Å². The quantitative estimate of drug-likeness (QED) is 0.637. The van der Waals surface area contributed by atoms with Gasteiger partial charge in [0.05, 0.1) is 12.2 Å². The van der Waals surface area contributed by atoms with Gasteiger partial charge in [-0.1, -0.05) is 29.8 Å². The molecule has 0 unspecified atom stereocenters. The molecule has 3 aromatic rings. The van der Waals surface area contributed by atoms with Crippen LogP contribution in [0.1, 0.15) is 5.56 Å². The smallest absolute Gasteiger partial charge is 0.240 e. The van der Waals surface area contributed by atoms with Crippen molar-refractivity contribution in [1.82, 2.24) is 9.88 Å². The molecule has 0 radical (unpaired) electrons. The molecule has 2 aromatic carbocycles. The summed E-state index contributed by atoms with van der Waals surface area (Å²) in [6.45, 7) is 0.691. The minimum absolute atomic E-state index is 0.158. The van der Waals surface area contributed by atoms with Gasteiger partial charge in [-0.3, -0.25) is 9.69 Å². The summed E-state index contributed by atoms with van der Waals surface area (Å²) < 4.78 is 26.4. The highest BCUT2D eigenvalue weighted by Gasteiger charge is 2.12. The van der Waals surface area contributed by atoms with Gasteiger partial charge in [-0.15, -0.1) is 11.3 Å². The Labute approximate surface area is 164 Å². The van der Waals surface area contributed by atoms with Crippen molar-refractivity contribution in [3.8, 4) is 11.3 Å². The van der Waals surface area contributed by atoms with Crippen LogP contribution < -0.4 is 5.32 Å². The molecule has 1 aromatic heterocycles. The van der Waals surface area contributed by atoms with Gasteiger partial charge in [0, 0.05) is 22.5 Å². The third kappa shape index (κ3) is 5.09. The van der Waals surface area contributed by atoms with Gasteiger partial charge < -0.3 is 5.32 Å². The zero-order valence-electron chi connectivity index (χ0n) is 14.4. The van der Waals surface area contributed by atoms with Crippen molar-refractivity contribution in [2.75, 3.05) is 18.9 Å². The summed E-state index contributed by atoms with van der Waals surface area (Å²) in [7, 11) is 1.82. The summed E-state index contributed by atoms with van der Waals surface area (Å²) in [4.78, 5) is 18.3. The lowest BCUT2D eigenvalue weighted by Gasteiger charge is -2.16. The summed E-state index contributed by atoms with van der Waals surface area (Å²) in [6, 6.07) is 11.0. The molecule has 0 atom stereocenters. The third-order valence-corrected chi connectivity index (χ3v) is 4.90. The molecule has 8 heteroatoms. The minimum Gasteiger partial charge on any atom is -0.301 e. The van der Waals surface area contributed by atoms with Gasteiger partial charge in [0.2, 0.25) is 5.91 Å². The number of carbonyl (C=O) groups excluding carboxylic acids is 1. The van der Waals surface area contributed by atoms with Crippen LogP contribution >= 0.6 is 22.9 Å². The predicted molar refractivity (Wildman–Crippen MR) is 104 cm³/mol. The van der Waals surface area contributed by atoms with E-state index in [0.717, 1.165) is 17.7 Å². The average Bonchev–Trinajstić information content (AvgIpc) is 3.07. The number of hydrogen-bond donors (Lipinski definition) is 1. The maximum absolute atomic E-state index is 13.3. The molecule has 0 bridgehead atoms. The molecule has 3 rings (SSSR count). The van der Waals surface area contributed by atoms with E-state index in [1.54, 1.807) is 11.4 Å². The van der Waals surface area contributed by atoms with Crippen LogP contribution in [-0.4, -0.2) is 29.4 Å². The van der Waals surface area contributed by atoms with E-state index in [1.165, 1.54) is 17.4 Å². The number of hydrogen-bond acceptors (Lipinski definition) is 4. The van der Waals surface area contributed by atoms with Crippen LogP contribution in [0.4, 0.5) is 13.9 Å². The fraction of sp³-hybridized carbons (Fsp3) is 0.158. The highest BCUT2D eigenvalue weighted by molar-refractivity contribution is 7.14. The fourth-order valence-corrected chi connectivity index (χ4v) is 3.43. The molecule has 0 aliphatic carbocycles. The number of carbonyl (C=O) groups is 1. The van der Waals surface area contributed by atoms with Crippen molar-refractivity contribution < 1.29 is 13.6 Å². The van der Waals surface area contributed by atoms with E-state index < -0.39 is 11.6 Å². The van der Waals surface area contributed by atoms with Crippen molar-refractivity contribution >= 4 is 34.0 Å². The number of rotatable bonds is 6. The average molecular weight is 408 g/mol. The molecule has 4 nitrogen and oxygen atoms in total. The molecule has 0 saturated carbocycles. The van der Waals surface area contributed by atoms with Crippen LogP contribution in [0.25, 0.3) is 11.3 Å². The summed E-state index contributed by atoms with van der Waals surface area (Å²) in [5, 5.41) is 5.44. The number of likely N-dealkylation sites (N-methyl/N-ethyl adjacent to an activating group) is 1. The maximum atomic E-state index is 13.3. The Kier molecular flexibility index (Phi) is 6.15. The minimum atomic E-state index is -0.938. The van der Waals surface area contributed by atoms with Gasteiger partial charge >= 0.3 is 0 Å². The summed E-state index contributed by atoms with van der Waals surface area (Å²) in [5.41, 5.74) is 1.85. The highest BCUT2D eigenvalue weighted by atomic mass is 35.5. The maximum Gasteiger partial charge on any atom is 0.240 e. The van der Waals surface area contributed by atoms with Crippen molar-refractivity contribution in [2.45, 2.75) is 6.54 Å². The molecule has 1 heterocycles. The predicted octanol–water partition coefficient (Wildman–Crippen LogP) is 4.81. The SMILES string of the molecule is CN(CC(=O)Nc1nc(-c2ccc(F)c(F)c2)cs1)Cc1ccccc1Cl. The Morgan fingerprint density at radius 3 is 2.74 bits per heavy atom. The van der Waals surface area contributed by atoms with E-state index in [-0.39, 0.29) is 12.5 Å². The number of nitrogens with zero attached hydrogens (tertiary/aromatic N) is 2. The van der Waals surface area contributed by atoms with Crippen molar-refractivity contribution in [1.29, 1.82) is 0 Å². The lowest BCUT2D eigenvalue weighted by Crippen LogP contribution is -2.29. The zero-order chi connectivity index (χ0) is 19.4. The van der Waals surface area contributed by atoms with Crippen LogP contribution in [0, 0.1) is 11.6 Å². The van der Waals surface area contributed by atoms with Gasteiger partial charge in [-0.05, 0) is 36.9 Å². The Hall–Kier alpha value is -2.35. The molecular formula is C19H16ClF2N3OS. The molecule has 0 saturated heterocycles. The van der Waals surface area contributed by atoms with E-state index in [9.17, 15) is 13.6 Å². The number of nitrogens with one attached hydrogen (secondary N) is 1. The van der Waals surface area contributed by atoms with E-state index in [0.29, 0.717) is 28.0 Å². The molecule has 1 amide bonds. The van der Waals surface area contributed by atoms with Crippen LogP contribution in [0.15, 0.2) is 47.8 Å². The molecule has 0 aliphatic rings. The number of anilines is 1. The second-order valence-electron chi connectivity index (χ2n) is 5.98. The number of amides is 1. The topological polar surface area (TPSA) is 45.2 Å². The number of aromatic nitrogens is 1. The highest BCUT2D eigenvalue weighted by Crippen LogP contribution is 2.26. The van der Waals surface area contributed by atoms with E-state index in [2.05, 4.69) is 10.3 Å². The van der Waals surface area contributed by atoms with Crippen LogP contribution in [0.3, 0.4) is 0 Å². The van der Waals surface area contributed by atoms with Gasteiger partial charge in [-0.2, -0.15) is 0 Å². The summed E-state index contributed by atoms with van der Waals surface area (Å²) in [5.74, 6) is -2.08. The molecule has 0 spiro atoms. The molecular weight excluding hydrogens is 392 g/mol. The summed E-state index contributed by atoms with van der Waals surface area (Å²) in [6.07, 6.45) is 0. The van der Waals surface area contributed by atoms with Crippen molar-refractivity contribution in [3.63, 3.8) is 0 Å². The van der Waals surface area contributed by atoms with Crippen molar-refractivity contribution in [2.24, 2.45) is 0 Å². The fourth-order valence-electron chi connectivity index (χ4n) is 2.50. The first-order valence-electron chi connectivity index (χ1n) is 8.05. The second kappa shape index (κ2) is 8.56. The Balaban J connectivity index is 1.59. The first-order valence-corrected chi connectivity index (χ1v) is 9.31. The van der Waals surface area contributed by atoms with Gasteiger partial charge in [-0.25, -0.2) is 13.8 Å². The lowest BCUT2D eigenvalue weighted by molar-refractivity contribution is -0.117. The molecule has 1 N–H and O–H groups in total. The standard InChI is InChI=1S/C19H16ClF2N3OS/c1-25(9-13-4-2-3-5-14(13)20)10-18(26)24-19-23-17(11-27-19)12-6-7-15(21)16(22)8-12/h2-8,11H,9-10H2,1H3,(H,23,24,26). The monoisotopic (exact) mass is 407 g/mol. The second-order valence-corrected chi connectivity index (χ2v) is 7.24. The number of benzene rings is 2. The molecule has 0 fully saturated rings. The van der Waals surface area contributed by atoms with Gasteiger partial charge in [0.1, 0.15) is 0 Å². The summed E-state index contributed by atoms with van der Waals surface area (Å²) >= 11 is 7.35. The van der Waals surface area contributed by atoms with E-state index in [4.69, 9.17) is 11.6 Å². The zero-order valence-corrected chi connectivity index (χ0v) is 16.0. The van der Waals surface area contributed by atoms with E-state index in [1.807, 2.05) is 30.1 Å². The molecule has 27 heavy (non-hydrogen) atoms. The number of halogens is 3.